The van der Waals surface area contributed by atoms with Crippen LogP contribution in [0.4, 0.5) is 4.79 Å². The van der Waals surface area contributed by atoms with E-state index in [0.717, 1.165) is 5.56 Å². The third-order valence-electron chi connectivity index (χ3n) is 3.09. The lowest BCUT2D eigenvalue weighted by molar-refractivity contribution is -0.139. The third-order valence-corrected chi connectivity index (χ3v) is 3.09. The second-order valence-electron chi connectivity index (χ2n) is 5.23. The Morgan fingerprint density at radius 2 is 1.90 bits per heavy atom. The summed E-state index contributed by atoms with van der Waals surface area (Å²) in [6, 6.07) is 8.14. The highest BCUT2D eigenvalue weighted by atomic mass is 16.6. The fraction of sp³-hybridized carbons (Fsp3) is 0.467. The number of amides is 1. The molecule has 0 bridgehead atoms. The largest absolute Gasteiger partial charge is 0.480 e. The first-order valence-electron chi connectivity index (χ1n) is 6.60. The topological polar surface area (TPSA) is 75.6 Å². The second kappa shape index (κ2) is 6.93. The van der Waals surface area contributed by atoms with E-state index in [2.05, 4.69) is 5.32 Å². The zero-order valence-corrected chi connectivity index (χ0v) is 12.1. The van der Waals surface area contributed by atoms with Crippen molar-refractivity contribution in [2.24, 2.45) is 0 Å². The lowest BCUT2D eigenvalue weighted by Crippen LogP contribution is -2.45. The lowest BCUT2D eigenvalue weighted by Gasteiger charge is -2.24. The molecule has 0 aliphatic rings. The molecule has 110 valence electrons. The smallest absolute Gasteiger partial charge is 0.408 e. The van der Waals surface area contributed by atoms with Gasteiger partial charge in [0.25, 0.3) is 0 Å². The molecule has 0 fully saturated rings. The van der Waals surface area contributed by atoms with Gasteiger partial charge in [-0.15, -0.1) is 0 Å². The van der Waals surface area contributed by atoms with Crippen molar-refractivity contribution in [2.75, 3.05) is 0 Å². The molecule has 1 aromatic carbocycles. The van der Waals surface area contributed by atoms with Crippen LogP contribution in [0.2, 0.25) is 0 Å². The summed E-state index contributed by atoms with van der Waals surface area (Å²) in [4.78, 5) is 22.9. The van der Waals surface area contributed by atoms with Crippen LogP contribution in [0.5, 0.6) is 0 Å². The van der Waals surface area contributed by atoms with Gasteiger partial charge in [-0.05, 0) is 25.8 Å². The molecule has 0 unspecified atom stereocenters. The quantitative estimate of drug-likeness (QED) is 0.839. The number of carboxylic acid groups (broad SMARTS) is 1. The molecule has 1 amide bonds. The van der Waals surface area contributed by atoms with Crippen molar-refractivity contribution in [1.29, 1.82) is 0 Å². The third kappa shape index (κ3) is 5.30. The summed E-state index contributed by atoms with van der Waals surface area (Å²) in [5.41, 5.74) is 0.231. The predicted octanol–water partition coefficient (Wildman–Crippen LogP) is 2.60. The van der Waals surface area contributed by atoms with Crippen LogP contribution in [0.15, 0.2) is 30.3 Å². The van der Waals surface area contributed by atoms with Crippen LogP contribution in [0.25, 0.3) is 0 Å². The second-order valence-corrected chi connectivity index (χ2v) is 5.23. The molecule has 2 N–H and O–H groups in total. The number of rotatable bonds is 6. The standard InChI is InChI=1S/C15H21NO4/c1-4-15(2,3)20-14(19)16-12(13(17)18)10-11-8-6-5-7-9-11/h5-9,12H,4,10H2,1-3H3,(H,16,19)(H,17,18)/t12-/m0/s1. The van der Waals surface area contributed by atoms with Gasteiger partial charge >= 0.3 is 12.1 Å². The van der Waals surface area contributed by atoms with Crippen molar-refractivity contribution in [1.82, 2.24) is 5.32 Å². The van der Waals surface area contributed by atoms with Gasteiger partial charge in [0.15, 0.2) is 0 Å². The molecule has 0 saturated heterocycles. The summed E-state index contributed by atoms with van der Waals surface area (Å²) in [6.45, 7) is 5.45. The number of aliphatic carboxylic acids is 1. The number of nitrogens with one attached hydrogen (secondary N) is 1. The first-order valence-corrected chi connectivity index (χ1v) is 6.60. The Bertz CT molecular complexity index is 456. The Hall–Kier alpha value is -2.04. The van der Waals surface area contributed by atoms with Crippen molar-refractivity contribution in [3.63, 3.8) is 0 Å². The predicted molar refractivity (Wildman–Crippen MR) is 75.6 cm³/mol. The van der Waals surface area contributed by atoms with Crippen LogP contribution in [0.1, 0.15) is 32.8 Å². The molecule has 20 heavy (non-hydrogen) atoms. The number of benzene rings is 1. The van der Waals surface area contributed by atoms with Gasteiger partial charge in [-0.25, -0.2) is 9.59 Å². The Morgan fingerprint density at radius 1 is 1.30 bits per heavy atom. The minimum Gasteiger partial charge on any atom is -0.480 e. The fourth-order valence-electron chi connectivity index (χ4n) is 1.54. The van der Waals surface area contributed by atoms with Crippen molar-refractivity contribution in [2.45, 2.75) is 45.3 Å². The maximum absolute atomic E-state index is 11.7. The van der Waals surface area contributed by atoms with E-state index in [0.29, 0.717) is 6.42 Å². The minimum absolute atomic E-state index is 0.220. The van der Waals surface area contributed by atoms with Crippen LogP contribution < -0.4 is 5.32 Å². The van der Waals surface area contributed by atoms with Gasteiger partial charge in [0.2, 0.25) is 0 Å². The van der Waals surface area contributed by atoms with E-state index >= 15 is 0 Å². The Kier molecular flexibility index (Phi) is 5.55. The summed E-state index contributed by atoms with van der Waals surface area (Å²) in [5, 5.41) is 11.6. The highest BCUT2D eigenvalue weighted by molar-refractivity contribution is 5.80. The average molecular weight is 279 g/mol. The molecular weight excluding hydrogens is 258 g/mol. The molecule has 1 atom stereocenters. The molecule has 0 aliphatic carbocycles. The maximum atomic E-state index is 11.7. The van der Waals surface area contributed by atoms with Gasteiger partial charge in [0.1, 0.15) is 11.6 Å². The average Bonchev–Trinajstić information content (AvgIpc) is 2.38. The summed E-state index contributed by atoms with van der Waals surface area (Å²) >= 11 is 0. The zero-order valence-electron chi connectivity index (χ0n) is 12.1. The van der Waals surface area contributed by atoms with E-state index in [1.54, 1.807) is 13.8 Å². The number of carbonyl (C=O) groups excluding carboxylic acids is 1. The molecule has 1 aromatic rings. The van der Waals surface area contributed by atoms with Gasteiger partial charge in [-0.3, -0.25) is 0 Å². The molecule has 0 radical (unpaired) electrons. The molecule has 0 aliphatic heterocycles. The monoisotopic (exact) mass is 279 g/mol. The van der Waals surface area contributed by atoms with Crippen LogP contribution in [-0.2, 0) is 16.0 Å². The van der Waals surface area contributed by atoms with E-state index in [1.807, 2.05) is 37.3 Å². The first-order chi connectivity index (χ1) is 9.34. The SMILES string of the molecule is CCC(C)(C)OC(=O)N[C@@H](Cc1ccccc1)C(=O)O. The molecule has 1 rings (SSSR count). The Labute approximate surface area is 118 Å². The number of carboxylic acids is 1. The van der Waals surface area contributed by atoms with Crippen LogP contribution in [-0.4, -0.2) is 28.8 Å². The van der Waals surface area contributed by atoms with E-state index in [1.165, 1.54) is 0 Å². The molecule has 0 heterocycles. The Balaban J connectivity index is 2.64. The number of carbonyl (C=O) groups is 2. The highest BCUT2D eigenvalue weighted by Crippen LogP contribution is 2.14. The van der Waals surface area contributed by atoms with Crippen LogP contribution >= 0.6 is 0 Å². The van der Waals surface area contributed by atoms with Crippen LogP contribution in [0.3, 0.4) is 0 Å². The first kappa shape index (κ1) is 16.0. The summed E-state index contributed by atoms with van der Waals surface area (Å²) < 4.78 is 5.19. The lowest BCUT2D eigenvalue weighted by atomic mass is 10.1. The van der Waals surface area contributed by atoms with Crippen molar-refractivity contribution in [3.8, 4) is 0 Å². The van der Waals surface area contributed by atoms with Gasteiger partial charge in [-0.2, -0.15) is 0 Å². The van der Waals surface area contributed by atoms with E-state index in [4.69, 9.17) is 9.84 Å². The summed E-state index contributed by atoms with van der Waals surface area (Å²) in [7, 11) is 0. The Morgan fingerprint density at radius 3 is 2.40 bits per heavy atom. The van der Waals surface area contributed by atoms with Gasteiger partial charge in [0.05, 0.1) is 0 Å². The van der Waals surface area contributed by atoms with E-state index < -0.39 is 23.7 Å². The molecule has 0 saturated carbocycles. The molecule has 0 spiro atoms. The van der Waals surface area contributed by atoms with Crippen molar-refractivity contribution >= 4 is 12.1 Å². The van der Waals surface area contributed by atoms with Gasteiger partial charge < -0.3 is 15.2 Å². The number of hydrogen-bond acceptors (Lipinski definition) is 3. The normalized spacial score (nSPS) is 12.6. The van der Waals surface area contributed by atoms with Crippen molar-refractivity contribution < 1.29 is 19.4 Å². The van der Waals surface area contributed by atoms with Gasteiger partial charge in [-0.1, -0.05) is 37.3 Å². The molecule has 5 nitrogen and oxygen atoms in total. The summed E-state index contributed by atoms with van der Waals surface area (Å²) in [5.74, 6) is -1.08. The fourth-order valence-corrected chi connectivity index (χ4v) is 1.54. The van der Waals surface area contributed by atoms with E-state index in [-0.39, 0.29) is 6.42 Å². The molecule has 0 aromatic heterocycles. The number of ether oxygens (including phenoxy) is 1. The molecular formula is C15H21NO4. The number of hydrogen-bond donors (Lipinski definition) is 2. The minimum atomic E-state index is -1.08. The highest BCUT2D eigenvalue weighted by Gasteiger charge is 2.25. The van der Waals surface area contributed by atoms with E-state index in [9.17, 15) is 9.59 Å². The zero-order chi connectivity index (χ0) is 15.2. The molecule has 5 heteroatoms. The summed E-state index contributed by atoms with van der Waals surface area (Å²) in [6.07, 6.45) is 0.162. The van der Waals surface area contributed by atoms with Gasteiger partial charge in [0, 0.05) is 6.42 Å². The number of alkyl carbamates (subject to hydrolysis) is 1. The maximum Gasteiger partial charge on any atom is 0.408 e. The van der Waals surface area contributed by atoms with Crippen LogP contribution in [0, 0.1) is 0 Å². The van der Waals surface area contributed by atoms with Crippen molar-refractivity contribution in [3.05, 3.63) is 35.9 Å².